The molecule has 0 aromatic carbocycles. The Hall–Kier alpha value is -1.42. The van der Waals surface area contributed by atoms with Gasteiger partial charge in [-0.25, -0.2) is 0 Å². The zero-order valence-electron chi connectivity index (χ0n) is 14.7. The molecule has 1 fully saturated rings. The van der Waals surface area contributed by atoms with Crippen LogP contribution in [-0.2, 0) is 14.3 Å². The van der Waals surface area contributed by atoms with Gasteiger partial charge in [0.2, 0.25) is 0 Å². The van der Waals surface area contributed by atoms with E-state index in [9.17, 15) is 14.7 Å². The molecule has 0 spiro atoms. The second kappa shape index (κ2) is 9.77. The molecule has 4 heteroatoms. The number of esters is 1. The summed E-state index contributed by atoms with van der Waals surface area (Å²) in [6.45, 7) is 2.14. The number of aliphatic hydroxyl groups excluding tert-OH is 1. The molecule has 1 heterocycles. The van der Waals surface area contributed by atoms with Gasteiger partial charge in [0.25, 0.3) is 0 Å². The minimum absolute atomic E-state index is 0.135. The number of allylic oxidation sites excluding steroid dienone is 2. The maximum Gasteiger partial charge on any atom is 0.306 e. The van der Waals surface area contributed by atoms with E-state index in [4.69, 9.17) is 4.74 Å². The summed E-state index contributed by atoms with van der Waals surface area (Å²) in [5, 5.41) is 10.2. The third kappa shape index (κ3) is 5.59. The van der Waals surface area contributed by atoms with Gasteiger partial charge in [0.15, 0.2) is 0 Å². The topological polar surface area (TPSA) is 63.6 Å². The number of aliphatic hydroxyl groups is 1. The van der Waals surface area contributed by atoms with E-state index < -0.39 is 6.10 Å². The highest BCUT2D eigenvalue weighted by Crippen LogP contribution is 2.33. The van der Waals surface area contributed by atoms with Crippen molar-refractivity contribution in [2.24, 2.45) is 11.8 Å². The lowest BCUT2D eigenvalue weighted by atomic mass is 9.90. The number of ketones is 1. The lowest BCUT2D eigenvalue weighted by Crippen LogP contribution is -2.20. The Labute approximate surface area is 145 Å². The summed E-state index contributed by atoms with van der Waals surface area (Å²) in [5.74, 6) is -0.347. The van der Waals surface area contributed by atoms with Crippen molar-refractivity contribution in [3.8, 4) is 0 Å². The average Bonchev–Trinajstić information content (AvgIpc) is 2.81. The molecule has 1 aliphatic carbocycles. The number of Topliss-reactive ketones (excluding diaryl/α,β-unsaturated/α-hetero) is 1. The summed E-state index contributed by atoms with van der Waals surface area (Å²) < 4.78 is 5.60. The van der Waals surface area contributed by atoms with Crippen molar-refractivity contribution in [3.05, 3.63) is 24.3 Å². The van der Waals surface area contributed by atoms with Crippen molar-refractivity contribution in [1.82, 2.24) is 0 Å². The van der Waals surface area contributed by atoms with Crippen molar-refractivity contribution in [3.63, 3.8) is 0 Å². The Bertz CT molecular complexity index is 480. The highest BCUT2D eigenvalue weighted by molar-refractivity contribution is 5.84. The number of carbonyl (C=O) groups excluding carboxylic acids is 2. The van der Waals surface area contributed by atoms with Gasteiger partial charge in [0.05, 0.1) is 6.10 Å². The molecule has 1 saturated carbocycles. The predicted molar refractivity (Wildman–Crippen MR) is 93.4 cm³/mol. The quantitative estimate of drug-likeness (QED) is 0.483. The van der Waals surface area contributed by atoms with Crippen LogP contribution in [0.1, 0.15) is 64.7 Å². The zero-order chi connectivity index (χ0) is 17.4. The Kier molecular flexibility index (Phi) is 7.70. The highest BCUT2D eigenvalue weighted by atomic mass is 16.5. The summed E-state index contributed by atoms with van der Waals surface area (Å²) >= 11 is 0. The fraction of sp³-hybridized carbons (Fsp3) is 0.700. The van der Waals surface area contributed by atoms with Gasteiger partial charge in [-0.05, 0) is 38.2 Å². The number of unbranched alkanes of at least 4 members (excludes halogenated alkanes) is 2. The van der Waals surface area contributed by atoms with E-state index in [-0.39, 0.29) is 36.1 Å². The lowest BCUT2D eigenvalue weighted by Gasteiger charge is -2.18. The van der Waals surface area contributed by atoms with Crippen molar-refractivity contribution in [2.75, 3.05) is 0 Å². The molecule has 1 aliphatic heterocycles. The number of hydrogen-bond acceptors (Lipinski definition) is 4. The lowest BCUT2D eigenvalue weighted by molar-refractivity contribution is -0.147. The van der Waals surface area contributed by atoms with Gasteiger partial charge < -0.3 is 9.84 Å². The van der Waals surface area contributed by atoms with E-state index in [1.54, 1.807) is 0 Å². The molecule has 1 unspecified atom stereocenters. The van der Waals surface area contributed by atoms with Gasteiger partial charge in [0, 0.05) is 24.7 Å². The summed E-state index contributed by atoms with van der Waals surface area (Å²) in [4.78, 5) is 24.1. The SMILES string of the molecule is CCCCC[C@@H]1/C=C\C2[C@H](O)CC(=O)[C@@H]2C/C=C\CCCC(=O)O1. The standard InChI is InChI=1S/C20H30O4/c1-2-3-6-9-15-12-13-17-16(18(21)14-19(17)22)10-7-4-5-8-11-20(23)24-15/h4,7,12-13,15-17,19,22H,2-3,5-6,8-11,14H2,1H3/b7-4-,13-12-/t15-,16-,17?,19-/m1/s1. The Morgan fingerprint density at radius 1 is 1.21 bits per heavy atom. The van der Waals surface area contributed by atoms with Gasteiger partial charge in [-0.15, -0.1) is 0 Å². The van der Waals surface area contributed by atoms with E-state index in [2.05, 4.69) is 6.92 Å². The van der Waals surface area contributed by atoms with Crippen LogP contribution >= 0.6 is 0 Å². The molecule has 0 bridgehead atoms. The van der Waals surface area contributed by atoms with Crippen molar-refractivity contribution < 1.29 is 19.4 Å². The first-order valence-corrected chi connectivity index (χ1v) is 9.35. The van der Waals surface area contributed by atoms with E-state index in [0.717, 1.165) is 38.5 Å². The zero-order valence-corrected chi connectivity index (χ0v) is 14.7. The molecule has 134 valence electrons. The van der Waals surface area contributed by atoms with Gasteiger partial charge in [-0.3, -0.25) is 9.59 Å². The van der Waals surface area contributed by atoms with Crippen LogP contribution in [0.25, 0.3) is 0 Å². The first-order valence-electron chi connectivity index (χ1n) is 9.35. The van der Waals surface area contributed by atoms with Gasteiger partial charge in [-0.1, -0.05) is 38.0 Å². The fourth-order valence-electron chi connectivity index (χ4n) is 3.52. The van der Waals surface area contributed by atoms with Crippen LogP contribution in [0.4, 0.5) is 0 Å². The molecule has 0 amide bonds. The molecule has 24 heavy (non-hydrogen) atoms. The van der Waals surface area contributed by atoms with Crippen molar-refractivity contribution in [1.29, 1.82) is 0 Å². The van der Waals surface area contributed by atoms with Gasteiger partial charge >= 0.3 is 5.97 Å². The number of hydrogen-bond donors (Lipinski definition) is 1. The predicted octanol–water partition coefficient (Wildman–Crippen LogP) is 3.73. The molecule has 2 aliphatic rings. The third-order valence-corrected chi connectivity index (χ3v) is 4.96. The van der Waals surface area contributed by atoms with Crippen LogP contribution < -0.4 is 0 Å². The van der Waals surface area contributed by atoms with Crippen molar-refractivity contribution in [2.45, 2.75) is 76.9 Å². The number of rotatable bonds is 4. The molecule has 1 N–H and O–H groups in total. The van der Waals surface area contributed by atoms with Gasteiger partial charge in [-0.2, -0.15) is 0 Å². The molecular weight excluding hydrogens is 304 g/mol. The van der Waals surface area contributed by atoms with Gasteiger partial charge in [0.1, 0.15) is 11.9 Å². The molecule has 4 nitrogen and oxygen atoms in total. The summed E-state index contributed by atoms with van der Waals surface area (Å²) in [7, 11) is 0. The van der Waals surface area contributed by atoms with Crippen LogP contribution in [0.2, 0.25) is 0 Å². The minimum atomic E-state index is -0.621. The minimum Gasteiger partial charge on any atom is -0.458 e. The number of ether oxygens (including phenoxy) is 1. The molecular formula is C20H30O4. The number of carbonyl (C=O) groups is 2. The first kappa shape index (κ1) is 18.9. The first-order chi connectivity index (χ1) is 11.6. The maximum atomic E-state index is 12.1. The fourth-order valence-corrected chi connectivity index (χ4v) is 3.52. The molecule has 0 aromatic rings. The number of cyclic esters (lactones) is 1. The Balaban J connectivity index is 2.12. The second-order valence-electron chi connectivity index (χ2n) is 6.93. The molecule has 0 saturated heterocycles. The summed E-state index contributed by atoms with van der Waals surface area (Å²) in [6, 6.07) is 0. The van der Waals surface area contributed by atoms with Crippen LogP contribution in [-0.4, -0.2) is 29.1 Å². The Morgan fingerprint density at radius 3 is 2.83 bits per heavy atom. The van der Waals surface area contributed by atoms with E-state index in [0.29, 0.717) is 12.8 Å². The maximum absolute atomic E-state index is 12.1. The van der Waals surface area contributed by atoms with Crippen LogP contribution in [0.3, 0.4) is 0 Å². The molecule has 0 aromatic heterocycles. The molecule has 2 rings (SSSR count). The van der Waals surface area contributed by atoms with Crippen LogP contribution in [0, 0.1) is 11.8 Å². The Morgan fingerprint density at radius 2 is 2.04 bits per heavy atom. The van der Waals surface area contributed by atoms with Crippen molar-refractivity contribution >= 4 is 11.8 Å². The second-order valence-corrected chi connectivity index (χ2v) is 6.93. The average molecular weight is 334 g/mol. The summed E-state index contributed by atoms with van der Waals surface area (Å²) in [6.07, 6.45) is 13.9. The smallest absolute Gasteiger partial charge is 0.306 e. The summed E-state index contributed by atoms with van der Waals surface area (Å²) in [5.41, 5.74) is 0. The number of fused-ring (bicyclic) bond motifs is 1. The molecule has 0 radical (unpaired) electrons. The largest absolute Gasteiger partial charge is 0.458 e. The third-order valence-electron chi connectivity index (χ3n) is 4.96. The van der Waals surface area contributed by atoms with E-state index in [1.807, 2.05) is 24.3 Å². The monoisotopic (exact) mass is 334 g/mol. The molecule has 4 atom stereocenters. The highest BCUT2D eigenvalue weighted by Gasteiger charge is 2.39. The normalized spacial score (nSPS) is 34.4. The van der Waals surface area contributed by atoms with Crippen LogP contribution in [0.5, 0.6) is 0 Å². The van der Waals surface area contributed by atoms with E-state index in [1.165, 1.54) is 0 Å². The van der Waals surface area contributed by atoms with E-state index >= 15 is 0 Å². The van der Waals surface area contributed by atoms with Crippen LogP contribution in [0.15, 0.2) is 24.3 Å².